The van der Waals surface area contributed by atoms with Crippen molar-refractivity contribution in [1.82, 2.24) is 0 Å². The van der Waals surface area contributed by atoms with E-state index < -0.39 is 0 Å². The molecule has 29 heavy (non-hydrogen) atoms. The summed E-state index contributed by atoms with van der Waals surface area (Å²) in [7, 11) is 3.47. The van der Waals surface area contributed by atoms with Crippen molar-refractivity contribution in [2.24, 2.45) is 5.41 Å². The van der Waals surface area contributed by atoms with Crippen molar-refractivity contribution in [3.63, 3.8) is 0 Å². The second kappa shape index (κ2) is 6.77. The van der Waals surface area contributed by atoms with E-state index in [9.17, 15) is 4.79 Å². The summed E-state index contributed by atoms with van der Waals surface area (Å²) in [4.78, 5) is 11.7. The summed E-state index contributed by atoms with van der Waals surface area (Å²) in [5, 5.41) is 0. The number of fused-ring (bicyclic) bond motifs is 2. The van der Waals surface area contributed by atoms with Crippen LogP contribution in [0.1, 0.15) is 44.1 Å². The molecule has 0 radical (unpaired) electrons. The van der Waals surface area contributed by atoms with Crippen LogP contribution in [-0.2, 0) is 19.3 Å². The Hall–Kier alpha value is -3.07. The van der Waals surface area contributed by atoms with E-state index in [1.165, 1.54) is 27.8 Å². The topological polar surface area (TPSA) is 35.5 Å². The van der Waals surface area contributed by atoms with Crippen LogP contribution in [-0.4, -0.2) is 20.5 Å². The van der Waals surface area contributed by atoms with Crippen LogP contribution in [0.3, 0.4) is 0 Å². The first-order valence-corrected chi connectivity index (χ1v) is 10.1. The van der Waals surface area contributed by atoms with Gasteiger partial charge in [0.25, 0.3) is 0 Å². The van der Waals surface area contributed by atoms with Crippen LogP contribution in [0.2, 0.25) is 0 Å². The van der Waals surface area contributed by atoms with Crippen LogP contribution in [0.25, 0.3) is 0 Å². The zero-order chi connectivity index (χ0) is 20.0. The van der Waals surface area contributed by atoms with Gasteiger partial charge in [-0.05, 0) is 53.5 Å². The summed E-state index contributed by atoms with van der Waals surface area (Å²) in [5.74, 6) is 2.03. The van der Waals surface area contributed by atoms with Crippen LogP contribution in [0.15, 0.2) is 60.7 Å². The normalized spacial score (nSPS) is 21.7. The fourth-order valence-electron chi connectivity index (χ4n) is 5.69. The van der Waals surface area contributed by atoms with E-state index in [4.69, 9.17) is 9.47 Å². The van der Waals surface area contributed by atoms with Crippen molar-refractivity contribution in [3.05, 3.63) is 94.0 Å². The van der Waals surface area contributed by atoms with Gasteiger partial charge in [0.05, 0.1) is 14.2 Å². The third-order valence-electron chi connectivity index (χ3n) is 6.78. The predicted molar refractivity (Wildman–Crippen MR) is 113 cm³/mol. The van der Waals surface area contributed by atoms with Gasteiger partial charge in [-0.25, -0.2) is 0 Å². The van der Waals surface area contributed by atoms with Gasteiger partial charge in [0.15, 0.2) is 0 Å². The Bertz CT molecular complexity index is 1090. The molecule has 146 valence electrons. The summed E-state index contributed by atoms with van der Waals surface area (Å²) in [5.41, 5.74) is 7.06. The van der Waals surface area contributed by atoms with Crippen molar-refractivity contribution in [1.29, 1.82) is 0 Å². The molecule has 0 N–H and O–H groups in total. The number of aldehydes is 1. The molecule has 2 aliphatic rings. The SMILES string of the molecule is COc1ccc(OC)c2c1C[C@]1(Cc3cccc(C=O)c3C1)[C@@H]2c1ccccc1. The molecule has 3 heteroatoms. The van der Waals surface area contributed by atoms with Crippen molar-refractivity contribution in [3.8, 4) is 11.5 Å². The van der Waals surface area contributed by atoms with Crippen molar-refractivity contribution in [2.75, 3.05) is 14.2 Å². The highest BCUT2D eigenvalue weighted by Gasteiger charge is 2.52. The first-order valence-electron chi connectivity index (χ1n) is 10.1. The number of ether oxygens (including phenoxy) is 2. The molecule has 0 saturated heterocycles. The zero-order valence-corrected chi connectivity index (χ0v) is 16.8. The fraction of sp³-hybridized carbons (Fsp3) is 0.269. The molecule has 2 atom stereocenters. The highest BCUT2D eigenvalue weighted by molar-refractivity contribution is 5.79. The minimum atomic E-state index is -0.0208. The van der Waals surface area contributed by atoms with Gasteiger partial charge in [-0.2, -0.15) is 0 Å². The van der Waals surface area contributed by atoms with Crippen LogP contribution >= 0.6 is 0 Å². The average Bonchev–Trinajstić information content (AvgIpc) is 3.30. The fourth-order valence-corrected chi connectivity index (χ4v) is 5.69. The molecule has 3 aromatic rings. The number of rotatable bonds is 4. The number of carbonyl (C=O) groups excluding carboxylic acids is 1. The molecule has 1 spiro atoms. The van der Waals surface area contributed by atoms with E-state index in [0.29, 0.717) is 0 Å². The molecular formula is C26H24O3. The Morgan fingerprint density at radius 1 is 0.828 bits per heavy atom. The van der Waals surface area contributed by atoms with Crippen LogP contribution in [0.4, 0.5) is 0 Å². The second-order valence-electron chi connectivity index (χ2n) is 8.20. The first kappa shape index (κ1) is 18.0. The monoisotopic (exact) mass is 384 g/mol. The number of hydrogen-bond acceptors (Lipinski definition) is 3. The lowest BCUT2D eigenvalue weighted by Crippen LogP contribution is -2.28. The molecule has 0 bridgehead atoms. The Balaban J connectivity index is 1.74. The van der Waals surface area contributed by atoms with E-state index in [-0.39, 0.29) is 11.3 Å². The largest absolute Gasteiger partial charge is 0.496 e. The standard InChI is InChI=1S/C26H24O3/c1-28-22-11-12-23(29-2)24-21(22)15-26(25(24)17-7-4-3-5-8-17)13-18-9-6-10-19(16-27)20(18)14-26/h3-12,16,25H,13-15H2,1-2H3/t25-,26-/m1/s1. The number of benzene rings is 3. The van der Waals surface area contributed by atoms with Gasteiger partial charge in [-0.3, -0.25) is 4.79 Å². The average molecular weight is 384 g/mol. The van der Waals surface area contributed by atoms with Gasteiger partial charge in [-0.1, -0.05) is 48.5 Å². The minimum absolute atomic E-state index is 0.0208. The maximum Gasteiger partial charge on any atom is 0.150 e. The van der Waals surface area contributed by atoms with Gasteiger partial charge < -0.3 is 9.47 Å². The van der Waals surface area contributed by atoms with Gasteiger partial charge in [0.1, 0.15) is 17.8 Å². The molecule has 0 saturated carbocycles. The zero-order valence-electron chi connectivity index (χ0n) is 16.8. The lowest BCUT2D eigenvalue weighted by molar-refractivity contribution is 0.112. The second-order valence-corrected chi connectivity index (χ2v) is 8.20. The van der Waals surface area contributed by atoms with Crippen LogP contribution in [0, 0.1) is 5.41 Å². The Morgan fingerprint density at radius 3 is 2.28 bits per heavy atom. The van der Waals surface area contributed by atoms with Crippen molar-refractivity contribution in [2.45, 2.75) is 25.2 Å². The Morgan fingerprint density at radius 2 is 1.55 bits per heavy atom. The molecular weight excluding hydrogens is 360 g/mol. The first-order chi connectivity index (χ1) is 14.2. The highest BCUT2D eigenvalue weighted by Crippen LogP contribution is 2.61. The van der Waals surface area contributed by atoms with Gasteiger partial charge in [0.2, 0.25) is 0 Å². The van der Waals surface area contributed by atoms with E-state index in [1.54, 1.807) is 14.2 Å². The van der Waals surface area contributed by atoms with Gasteiger partial charge in [-0.15, -0.1) is 0 Å². The summed E-state index contributed by atoms with van der Waals surface area (Å²) in [6, 6.07) is 20.8. The molecule has 0 aliphatic heterocycles. The number of hydrogen-bond donors (Lipinski definition) is 0. The van der Waals surface area contributed by atoms with Crippen LogP contribution < -0.4 is 9.47 Å². The summed E-state index contributed by atoms with van der Waals surface area (Å²) in [6.45, 7) is 0. The lowest BCUT2D eigenvalue weighted by Gasteiger charge is -2.32. The summed E-state index contributed by atoms with van der Waals surface area (Å²) >= 11 is 0. The molecule has 0 amide bonds. The molecule has 3 nitrogen and oxygen atoms in total. The van der Waals surface area contributed by atoms with E-state index in [0.717, 1.165) is 42.6 Å². The Kier molecular flexibility index (Phi) is 4.20. The highest BCUT2D eigenvalue weighted by atomic mass is 16.5. The molecule has 0 aromatic heterocycles. The summed E-state index contributed by atoms with van der Waals surface area (Å²) < 4.78 is 11.6. The molecule has 3 aromatic carbocycles. The lowest BCUT2D eigenvalue weighted by atomic mass is 9.70. The van der Waals surface area contributed by atoms with E-state index >= 15 is 0 Å². The molecule has 2 aliphatic carbocycles. The third-order valence-corrected chi connectivity index (χ3v) is 6.78. The summed E-state index contributed by atoms with van der Waals surface area (Å²) in [6.07, 6.45) is 3.75. The third kappa shape index (κ3) is 2.61. The Labute approximate surface area is 171 Å². The van der Waals surface area contributed by atoms with Crippen molar-refractivity contribution >= 4 is 6.29 Å². The molecule has 0 unspecified atom stereocenters. The predicted octanol–water partition coefficient (Wildman–Crippen LogP) is 4.99. The maximum atomic E-state index is 11.7. The maximum absolute atomic E-state index is 11.7. The molecule has 0 fully saturated rings. The number of carbonyl (C=O) groups is 1. The van der Waals surface area contributed by atoms with Gasteiger partial charge in [0, 0.05) is 22.6 Å². The van der Waals surface area contributed by atoms with Crippen LogP contribution in [0.5, 0.6) is 11.5 Å². The van der Waals surface area contributed by atoms with Gasteiger partial charge >= 0.3 is 0 Å². The molecule has 0 heterocycles. The van der Waals surface area contributed by atoms with E-state index in [1.807, 2.05) is 24.3 Å². The minimum Gasteiger partial charge on any atom is -0.496 e. The van der Waals surface area contributed by atoms with Crippen molar-refractivity contribution < 1.29 is 14.3 Å². The smallest absolute Gasteiger partial charge is 0.150 e. The van der Waals surface area contributed by atoms with E-state index in [2.05, 4.69) is 36.4 Å². The quantitative estimate of drug-likeness (QED) is 0.595. The molecule has 5 rings (SSSR count). The number of methoxy groups -OCH3 is 2.